The molecule has 0 spiro atoms. The minimum atomic E-state index is -0.474. The van der Waals surface area contributed by atoms with Crippen molar-refractivity contribution in [3.63, 3.8) is 0 Å². The summed E-state index contributed by atoms with van der Waals surface area (Å²) in [4.78, 5) is 22.6. The molecular formula is C16H22Br4O5. The molecule has 0 amide bonds. The standard InChI is InChI=1S/C16H22Br4O5/c1-3-13(21)24-11-15(5-17,6-18)9-23-10-16(7-19,8-20)12-25-14(22)4-2/h3-4H,1-2,5-12H2. The highest BCUT2D eigenvalue weighted by molar-refractivity contribution is 9.10. The van der Waals surface area contributed by atoms with Crippen molar-refractivity contribution in [1.29, 1.82) is 0 Å². The van der Waals surface area contributed by atoms with Crippen LogP contribution >= 0.6 is 63.7 Å². The number of halogens is 4. The molecule has 0 aliphatic heterocycles. The zero-order valence-corrected chi connectivity index (χ0v) is 20.1. The number of hydrogen-bond acceptors (Lipinski definition) is 5. The first-order valence-electron chi connectivity index (χ1n) is 7.26. The Morgan fingerprint density at radius 2 is 1.04 bits per heavy atom. The monoisotopic (exact) mass is 610 g/mol. The van der Waals surface area contributed by atoms with E-state index in [1.165, 1.54) is 0 Å². The van der Waals surface area contributed by atoms with E-state index < -0.39 is 22.8 Å². The van der Waals surface area contributed by atoms with Crippen molar-refractivity contribution in [2.75, 3.05) is 47.7 Å². The van der Waals surface area contributed by atoms with Gasteiger partial charge in [0.1, 0.15) is 13.2 Å². The van der Waals surface area contributed by atoms with Gasteiger partial charge in [0.15, 0.2) is 0 Å². The van der Waals surface area contributed by atoms with E-state index in [0.717, 1.165) is 12.2 Å². The number of hydrogen-bond donors (Lipinski definition) is 0. The van der Waals surface area contributed by atoms with Crippen LogP contribution in [0.15, 0.2) is 25.3 Å². The Hall–Kier alpha value is 0.300. The van der Waals surface area contributed by atoms with E-state index in [9.17, 15) is 9.59 Å². The van der Waals surface area contributed by atoms with Gasteiger partial charge >= 0.3 is 11.9 Å². The van der Waals surface area contributed by atoms with Crippen LogP contribution in [0.3, 0.4) is 0 Å². The molecular weight excluding hydrogens is 592 g/mol. The highest BCUT2D eigenvalue weighted by Gasteiger charge is 2.34. The second kappa shape index (κ2) is 13.5. The summed E-state index contributed by atoms with van der Waals surface area (Å²) < 4.78 is 16.2. The van der Waals surface area contributed by atoms with Gasteiger partial charge < -0.3 is 14.2 Å². The summed E-state index contributed by atoms with van der Waals surface area (Å²) in [5.41, 5.74) is -0.832. The van der Waals surface area contributed by atoms with Gasteiger partial charge in [0.05, 0.1) is 13.2 Å². The first-order valence-corrected chi connectivity index (χ1v) is 11.7. The van der Waals surface area contributed by atoms with Gasteiger partial charge in [0.2, 0.25) is 0 Å². The summed E-state index contributed by atoms with van der Waals surface area (Å²) >= 11 is 13.8. The first-order chi connectivity index (χ1) is 11.9. The van der Waals surface area contributed by atoms with Crippen LogP contribution in [0.4, 0.5) is 0 Å². The van der Waals surface area contributed by atoms with Crippen molar-refractivity contribution in [3.05, 3.63) is 25.3 Å². The first kappa shape index (κ1) is 25.3. The maximum Gasteiger partial charge on any atom is 0.330 e. The summed E-state index contributed by atoms with van der Waals surface area (Å²) in [6, 6.07) is 0. The summed E-state index contributed by atoms with van der Waals surface area (Å²) in [6.45, 7) is 7.85. The Morgan fingerprint density at radius 1 is 0.720 bits per heavy atom. The van der Waals surface area contributed by atoms with E-state index in [4.69, 9.17) is 14.2 Å². The molecule has 0 aromatic heterocycles. The Balaban J connectivity index is 4.78. The molecule has 9 heteroatoms. The third kappa shape index (κ3) is 9.17. The molecule has 144 valence electrons. The second-order valence-electron chi connectivity index (χ2n) is 5.65. The number of alkyl halides is 4. The van der Waals surface area contributed by atoms with Crippen LogP contribution in [0.25, 0.3) is 0 Å². The molecule has 0 aromatic carbocycles. The fourth-order valence-electron chi connectivity index (χ4n) is 1.51. The number of esters is 2. The van der Waals surface area contributed by atoms with Crippen LogP contribution in [0.5, 0.6) is 0 Å². The molecule has 0 atom stereocenters. The van der Waals surface area contributed by atoms with Gasteiger partial charge in [-0.1, -0.05) is 76.9 Å². The van der Waals surface area contributed by atoms with Crippen molar-refractivity contribution in [1.82, 2.24) is 0 Å². The van der Waals surface area contributed by atoms with E-state index in [2.05, 4.69) is 76.9 Å². The minimum Gasteiger partial charge on any atom is -0.462 e. The molecule has 5 nitrogen and oxygen atoms in total. The average Bonchev–Trinajstić information content (AvgIpc) is 2.66. The molecule has 0 N–H and O–H groups in total. The topological polar surface area (TPSA) is 61.8 Å². The van der Waals surface area contributed by atoms with Gasteiger partial charge in [-0.3, -0.25) is 0 Å². The quantitative estimate of drug-likeness (QED) is 0.168. The van der Waals surface area contributed by atoms with E-state index in [1.807, 2.05) is 0 Å². The predicted molar refractivity (Wildman–Crippen MR) is 113 cm³/mol. The van der Waals surface area contributed by atoms with Crippen molar-refractivity contribution in [3.8, 4) is 0 Å². The summed E-state index contributed by atoms with van der Waals surface area (Å²) in [6.07, 6.45) is 2.26. The molecule has 0 bridgehead atoms. The number of rotatable bonds is 14. The van der Waals surface area contributed by atoms with Gasteiger partial charge in [-0.25, -0.2) is 9.59 Å². The molecule has 25 heavy (non-hydrogen) atoms. The fourth-order valence-corrected chi connectivity index (χ4v) is 4.67. The summed E-state index contributed by atoms with van der Waals surface area (Å²) in [7, 11) is 0. The Labute approximate surface area is 182 Å². The van der Waals surface area contributed by atoms with Gasteiger partial charge in [0, 0.05) is 44.3 Å². The van der Waals surface area contributed by atoms with E-state index in [-0.39, 0.29) is 13.2 Å². The summed E-state index contributed by atoms with van der Waals surface area (Å²) in [5.74, 6) is -0.948. The normalized spacial score (nSPS) is 11.7. The molecule has 0 aliphatic rings. The fraction of sp³-hybridized carbons (Fsp3) is 0.625. The number of ether oxygens (including phenoxy) is 3. The molecule has 0 aliphatic carbocycles. The van der Waals surface area contributed by atoms with Crippen LogP contribution in [0, 0.1) is 10.8 Å². The number of carbonyl (C=O) groups excluding carboxylic acids is 2. The van der Waals surface area contributed by atoms with Crippen molar-refractivity contribution < 1.29 is 23.8 Å². The lowest BCUT2D eigenvalue weighted by Gasteiger charge is -2.33. The van der Waals surface area contributed by atoms with Gasteiger partial charge in [-0.15, -0.1) is 0 Å². The zero-order valence-electron chi connectivity index (χ0n) is 13.8. The van der Waals surface area contributed by atoms with E-state index in [1.54, 1.807) is 0 Å². The maximum absolute atomic E-state index is 11.3. The molecule has 0 unspecified atom stereocenters. The van der Waals surface area contributed by atoms with Crippen LogP contribution in [0.2, 0.25) is 0 Å². The van der Waals surface area contributed by atoms with E-state index >= 15 is 0 Å². The molecule has 0 radical (unpaired) electrons. The van der Waals surface area contributed by atoms with Crippen molar-refractivity contribution >= 4 is 75.7 Å². The maximum atomic E-state index is 11.3. The average molecular weight is 614 g/mol. The smallest absolute Gasteiger partial charge is 0.330 e. The van der Waals surface area contributed by atoms with Crippen LogP contribution in [-0.2, 0) is 23.8 Å². The zero-order chi connectivity index (χ0) is 19.3. The van der Waals surface area contributed by atoms with Crippen molar-refractivity contribution in [2.45, 2.75) is 0 Å². The van der Waals surface area contributed by atoms with Gasteiger partial charge in [0.25, 0.3) is 0 Å². The number of carbonyl (C=O) groups is 2. The largest absolute Gasteiger partial charge is 0.462 e. The lowest BCUT2D eigenvalue weighted by molar-refractivity contribution is -0.142. The highest BCUT2D eigenvalue weighted by Crippen LogP contribution is 2.28. The van der Waals surface area contributed by atoms with E-state index in [0.29, 0.717) is 34.5 Å². The van der Waals surface area contributed by atoms with Crippen molar-refractivity contribution in [2.24, 2.45) is 10.8 Å². The lowest BCUT2D eigenvalue weighted by atomic mass is 9.94. The Bertz CT molecular complexity index is 408. The molecule has 0 fully saturated rings. The Kier molecular flexibility index (Phi) is 13.6. The van der Waals surface area contributed by atoms with Gasteiger partial charge in [-0.2, -0.15) is 0 Å². The SMILES string of the molecule is C=CC(=O)OCC(CBr)(CBr)COCC(CBr)(CBr)COC(=O)C=C. The Morgan fingerprint density at radius 3 is 1.28 bits per heavy atom. The highest BCUT2D eigenvalue weighted by atomic mass is 79.9. The van der Waals surface area contributed by atoms with Crippen LogP contribution < -0.4 is 0 Å². The molecule has 0 heterocycles. The molecule has 0 saturated heterocycles. The van der Waals surface area contributed by atoms with Crippen LogP contribution in [-0.4, -0.2) is 59.7 Å². The summed E-state index contributed by atoms with van der Waals surface area (Å²) in [5, 5.41) is 2.32. The third-order valence-corrected chi connectivity index (χ3v) is 8.08. The molecule has 0 aromatic rings. The second-order valence-corrected chi connectivity index (χ2v) is 7.89. The van der Waals surface area contributed by atoms with Gasteiger partial charge in [-0.05, 0) is 0 Å². The van der Waals surface area contributed by atoms with Crippen LogP contribution in [0.1, 0.15) is 0 Å². The molecule has 0 saturated carbocycles. The lowest BCUT2D eigenvalue weighted by Crippen LogP contribution is -2.41. The minimum absolute atomic E-state index is 0.190. The predicted octanol–water partition coefficient (Wildman–Crippen LogP) is 4.01. The third-order valence-electron chi connectivity index (χ3n) is 3.32. The molecule has 0 rings (SSSR count).